The maximum absolute atomic E-state index is 11.8. The minimum Gasteiger partial charge on any atom is -0.353 e. The number of aryl methyl sites for hydroxylation is 1. The van der Waals surface area contributed by atoms with Crippen LogP contribution in [0.2, 0.25) is 0 Å². The number of nitrogens with zero attached hydrogens (tertiary/aromatic N) is 1. The Balaban J connectivity index is 2.44. The van der Waals surface area contributed by atoms with Gasteiger partial charge in [0, 0.05) is 36.7 Å². The fourth-order valence-electron chi connectivity index (χ4n) is 1.22. The quantitative estimate of drug-likeness (QED) is 0.749. The third kappa shape index (κ3) is 4.30. The molecule has 0 atom stereocenters. The molecule has 0 bridgehead atoms. The van der Waals surface area contributed by atoms with E-state index in [1.165, 1.54) is 0 Å². The van der Waals surface area contributed by atoms with Crippen LogP contribution in [0.4, 0.5) is 13.2 Å². The van der Waals surface area contributed by atoms with E-state index in [0.717, 1.165) is 0 Å². The lowest BCUT2D eigenvalue weighted by atomic mass is 10.2. The van der Waals surface area contributed by atoms with E-state index in [0.29, 0.717) is 12.0 Å². The van der Waals surface area contributed by atoms with Gasteiger partial charge in [0.25, 0.3) is 0 Å². The van der Waals surface area contributed by atoms with E-state index < -0.39 is 5.51 Å². The van der Waals surface area contributed by atoms with E-state index in [4.69, 9.17) is 0 Å². The Morgan fingerprint density at radius 2 is 2.19 bits per heavy atom. The normalized spacial score (nSPS) is 11.8. The van der Waals surface area contributed by atoms with Crippen molar-refractivity contribution in [3.05, 3.63) is 24.0 Å². The van der Waals surface area contributed by atoms with Crippen LogP contribution in [0.3, 0.4) is 0 Å². The molecular formula is C10H12F3NOS. The fourth-order valence-corrected chi connectivity index (χ4v) is 1.75. The maximum Gasteiger partial charge on any atom is 0.441 e. The van der Waals surface area contributed by atoms with E-state index >= 15 is 0 Å². The summed E-state index contributed by atoms with van der Waals surface area (Å²) in [6.07, 6.45) is 3.61. The van der Waals surface area contributed by atoms with Crippen molar-refractivity contribution in [1.29, 1.82) is 0 Å². The van der Waals surface area contributed by atoms with E-state index in [1.54, 1.807) is 30.0 Å². The predicted octanol–water partition coefficient (Wildman–Crippen LogP) is 3.33. The molecule has 0 aliphatic carbocycles. The van der Waals surface area contributed by atoms with Gasteiger partial charge in [-0.15, -0.1) is 0 Å². The number of thioether (sulfide) groups is 1. The van der Waals surface area contributed by atoms with Crippen molar-refractivity contribution in [1.82, 2.24) is 4.57 Å². The van der Waals surface area contributed by atoms with Crippen molar-refractivity contribution in [2.24, 2.45) is 0 Å². The van der Waals surface area contributed by atoms with Gasteiger partial charge in [0.05, 0.1) is 0 Å². The molecule has 0 amide bonds. The molecule has 1 aromatic heterocycles. The highest BCUT2D eigenvalue weighted by Crippen LogP contribution is 2.29. The van der Waals surface area contributed by atoms with Crippen LogP contribution in [0.15, 0.2) is 18.5 Å². The number of rotatable bonds is 5. The van der Waals surface area contributed by atoms with Gasteiger partial charge < -0.3 is 4.57 Å². The first-order valence-electron chi connectivity index (χ1n) is 4.82. The van der Waals surface area contributed by atoms with Gasteiger partial charge in [-0.2, -0.15) is 13.2 Å². The Kier molecular flexibility index (Phi) is 4.46. The molecular weight excluding hydrogens is 239 g/mol. The lowest BCUT2D eigenvalue weighted by Crippen LogP contribution is -2.05. The number of ketones is 1. The Morgan fingerprint density at radius 3 is 2.75 bits per heavy atom. The van der Waals surface area contributed by atoms with Crippen molar-refractivity contribution >= 4 is 17.5 Å². The molecule has 0 aliphatic heterocycles. The summed E-state index contributed by atoms with van der Waals surface area (Å²) in [6, 6.07) is 1.63. The number of carbonyl (C=O) groups excluding carboxylic acids is 1. The number of carbonyl (C=O) groups is 1. The summed E-state index contributed by atoms with van der Waals surface area (Å²) in [4.78, 5) is 11.3. The Bertz CT molecular complexity index is 359. The van der Waals surface area contributed by atoms with E-state index in [-0.39, 0.29) is 29.8 Å². The number of Topliss-reactive ketones (excluding diaryl/α,β-unsaturated/α-hetero) is 1. The highest BCUT2D eigenvalue weighted by Gasteiger charge is 2.27. The van der Waals surface area contributed by atoms with Crippen molar-refractivity contribution < 1.29 is 18.0 Å². The van der Waals surface area contributed by atoms with Crippen LogP contribution in [0, 0.1) is 0 Å². The van der Waals surface area contributed by atoms with Gasteiger partial charge in [0.15, 0.2) is 5.78 Å². The first-order chi connectivity index (χ1) is 7.42. The van der Waals surface area contributed by atoms with Crippen LogP contribution < -0.4 is 0 Å². The van der Waals surface area contributed by atoms with Crippen LogP contribution in [-0.4, -0.2) is 21.6 Å². The Labute approximate surface area is 95.8 Å². The van der Waals surface area contributed by atoms with Crippen molar-refractivity contribution in [2.75, 3.05) is 5.75 Å². The second-order valence-electron chi connectivity index (χ2n) is 3.21. The highest BCUT2D eigenvalue weighted by atomic mass is 32.2. The average molecular weight is 251 g/mol. The molecule has 0 N–H and O–H groups in total. The zero-order chi connectivity index (χ0) is 12.2. The molecule has 0 spiro atoms. The van der Waals surface area contributed by atoms with Crippen LogP contribution in [0.25, 0.3) is 0 Å². The molecule has 2 nitrogen and oxygen atoms in total. The first kappa shape index (κ1) is 13.2. The standard InChI is InChI=1S/C10H12F3NOS/c1-2-9(15)8-3-4-14(7-8)5-6-16-10(11,12)13/h3-4,7H,2,5-6H2,1H3. The fraction of sp³-hybridized carbons (Fsp3) is 0.500. The van der Waals surface area contributed by atoms with Crippen LogP contribution >= 0.6 is 11.8 Å². The van der Waals surface area contributed by atoms with Gasteiger partial charge >= 0.3 is 5.51 Å². The zero-order valence-electron chi connectivity index (χ0n) is 8.75. The Morgan fingerprint density at radius 1 is 1.50 bits per heavy atom. The zero-order valence-corrected chi connectivity index (χ0v) is 9.57. The molecule has 0 unspecified atom stereocenters. The first-order valence-corrected chi connectivity index (χ1v) is 5.80. The van der Waals surface area contributed by atoms with Crippen LogP contribution in [0.1, 0.15) is 23.7 Å². The lowest BCUT2D eigenvalue weighted by Gasteiger charge is -2.05. The van der Waals surface area contributed by atoms with Gasteiger partial charge in [-0.25, -0.2) is 0 Å². The summed E-state index contributed by atoms with van der Waals surface area (Å²) in [5.74, 6) is -0.0417. The summed E-state index contributed by atoms with van der Waals surface area (Å²) in [6.45, 7) is 2.00. The summed E-state index contributed by atoms with van der Waals surface area (Å²) >= 11 is -0.0539. The van der Waals surface area contributed by atoms with Crippen LogP contribution in [0.5, 0.6) is 0 Å². The van der Waals surface area contributed by atoms with Crippen molar-refractivity contribution in [3.63, 3.8) is 0 Å². The van der Waals surface area contributed by atoms with Crippen molar-refractivity contribution in [3.8, 4) is 0 Å². The molecule has 6 heteroatoms. The van der Waals surface area contributed by atoms with E-state index in [9.17, 15) is 18.0 Å². The van der Waals surface area contributed by atoms with Gasteiger partial charge in [-0.1, -0.05) is 6.92 Å². The third-order valence-electron chi connectivity index (χ3n) is 2.01. The van der Waals surface area contributed by atoms with Gasteiger partial charge in [-0.05, 0) is 17.8 Å². The second-order valence-corrected chi connectivity index (χ2v) is 4.37. The maximum atomic E-state index is 11.8. The molecule has 90 valence electrons. The molecule has 0 fully saturated rings. The SMILES string of the molecule is CCC(=O)c1ccn(CCSC(F)(F)F)c1. The summed E-state index contributed by atoms with van der Waals surface area (Å²) in [5.41, 5.74) is -3.63. The second kappa shape index (κ2) is 5.43. The van der Waals surface area contributed by atoms with Gasteiger partial charge in [0.2, 0.25) is 0 Å². The van der Waals surface area contributed by atoms with E-state index in [1.807, 2.05) is 0 Å². The lowest BCUT2D eigenvalue weighted by molar-refractivity contribution is -0.0328. The Hall–Kier alpha value is -0.910. The summed E-state index contributed by atoms with van der Waals surface area (Å²) in [7, 11) is 0. The molecule has 1 rings (SSSR count). The minimum absolute atomic E-state index is 0.00206. The largest absolute Gasteiger partial charge is 0.441 e. The molecule has 0 saturated carbocycles. The average Bonchev–Trinajstić information content (AvgIpc) is 2.63. The number of alkyl halides is 3. The molecule has 1 aromatic rings. The molecule has 0 radical (unpaired) electrons. The predicted molar refractivity (Wildman–Crippen MR) is 57.6 cm³/mol. The smallest absolute Gasteiger partial charge is 0.353 e. The number of hydrogen-bond donors (Lipinski definition) is 0. The van der Waals surface area contributed by atoms with Crippen LogP contribution in [-0.2, 0) is 6.54 Å². The highest BCUT2D eigenvalue weighted by molar-refractivity contribution is 8.00. The van der Waals surface area contributed by atoms with Gasteiger partial charge in [-0.3, -0.25) is 4.79 Å². The molecule has 16 heavy (non-hydrogen) atoms. The molecule has 1 heterocycles. The molecule has 0 saturated heterocycles. The van der Waals surface area contributed by atoms with Crippen molar-refractivity contribution in [2.45, 2.75) is 25.4 Å². The number of hydrogen-bond acceptors (Lipinski definition) is 2. The topological polar surface area (TPSA) is 22.0 Å². The monoisotopic (exact) mass is 251 g/mol. The summed E-state index contributed by atoms with van der Waals surface area (Å²) < 4.78 is 37.1. The minimum atomic E-state index is -4.19. The number of aromatic nitrogens is 1. The number of halogens is 3. The third-order valence-corrected chi connectivity index (χ3v) is 2.72. The summed E-state index contributed by atoms with van der Waals surface area (Å²) in [5, 5.41) is 0. The van der Waals surface area contributed by atoms with E-state index in [2.05, 4.69) is 0 Å². The van der Waals surface area contributed by atoms with Gasteiger partial charge in [0.1, 0.15) is 0 Å². The molecule has 0 aromatic carbocycles. The molecule has 0 aliphatic rings.